The Morgan fingerprint density at radius 1 is 0.933 bits per heavy atom. The molecule has 0 radical (unpaired) electrons. The molecular formula is C27H25N3. The summed E-state index contributed by atoms with van der Waals surface area (Å²) in [6.07, 6.45) is 12.5. The minimum Gasteiger partial charge on any atom is -0.208 e. The highest BCUT2D eigenvalue weighted by atomic mass is 15.0. The molecular weight excluding hydrogens is 366 g/mol. The van der Waals surface area contributed by atoms with Gasteiger partial charge in [0.25, 0.3) is 0 Å². The van der Waals surface area contributed by atoms with Crippen molar-refractivity contribution in [3.63, 3.8) is 0 Å². The quantitative estimate of drug-likeness (QED) is 0.457. The summed E-state index contributed by atoms with van der Waals surface area (Å²) in [5, 5.41) is 0. The minimum absolute atomic E-state index is 0.331. The second-order valence-electron chi connectivity index (χ2n) is 7.24. The maximum absolute atomic E-state index is 4.84. The average Bonchev–Trinajstić information content (AvgIpc) is 3.07. The number of aromatic nitrogens is 3. The Hall–Kier alpha value is -3.59. The maximum Gasteiger partial charge on any atom is 0.164 e. The van der Waals surface area contributed by atoms with Gasteiger partial charge in [-0.3, -0.25) is 0 Å². The highest BCUT2D eigenvalue weighted by Gasteiger charge is 2.16. The van der Waals surface area contributed by atoms with E-state index in [9.17, 15) is 0 Å². The van der Waals surface area contributed by atoms with Crippen LogP contribution in [0.1, 0.15) is 42.9 Å². The van der Waals surface area contributed by atoms with E-state index < -0.39 is 0 Å². The number of benzene rings is 2. The largest absolute Gasteiger partial charge is 0.208 e. The van der Waals surface area contributed by atoms with Crippen molar-refractivity contribution in [1.82, 2.24) is 15.0 Å². The number of nitrogens with zero attached hydrogens (tertiary/aromatic N) is 3. The van der Waals surface area contributed by atoms with Gasteiger partial charge in [-0.25, -0.2) is 15.0 Å². The molecule has 1 unspecified atom stereocenters. The molecule has 3 aromatic rings. The molecule has 3 heteroatoms. The fraction of sp³-hybridized carbons (Fsp3) is 0.148. The molecule has 0 fully saturated rings. The second-order valence-corrected chi connectivity index (χ2v) is 7.24. The van der Waals surface area contributed by atoms with Gasteiger partial charge < -0.3 is 0 Å². The van der Waals surface area contributed by atoms with Crippen molar-refractivity contribution in [3.8, 4) is 11.4 Å². The van der Waals surface area contributed by atoms with E-state index in [1.54, 1.807) is 6.08 Å². The van der Waals surface area contributed by atoms with Crippen molar-refractivity contribution in [3.05, 3.63) is 115 Å². The molecule has 1 aliphatic carbocycles. The van der Waals surface area contributed by atoms with Crippen LogP contribution in [0, 0.1) is 0 Å². The molecule has 4 rings (SSSR count). The highest BCUT2D eigenvalue weighted by molar-refractivity contribution is 5.75. The van der Waals surface area contributed by atoms with Crippen molar-refractivity contribution in [2.24, 2.45) is 0 Å². The van der Waals surface area contributed by atoms with E-state index in [0.717, 1.165) is 29.6 Å². The van der Waals surface area contributed by atoms with Crippen LogP contribution in [-0.2, 0) is 0 Å². The first kappa shape index (κ1) is 19.7. The minimum atomic E-state index is 0.331. The van der Waals surface area contributed by atoms with Gasteiger partial charge >= 0.3 is 0 Å². The van der Waals surface area contributed by atoms with E-state index in [1.165, 1.54) is 5.56 Å². The lowest BCUT2D eigenvalue weighted by atomic mass is 9.93. The van der Waals surface area contributed by atoms with E-state index in [4.69, 9.17) is 15.0 Å². The SMILES string of the molecule is C=C/C(=C\C)c1nc(C2=CC(c3ccccc3)CCC=C2)nc(-c2ccccc2)n1. The van der Waals surface area contributed by atoms with Gasteiger partial charge in [-0.05, 0) is 25.3 Å². The van der Waals surface area contributed by atoms with Crippen LogP contribution in [0.2, 0.25) is 0 Å². The standard InChI is InChI=1S/C27H25N3/c1-3-20(4-2)25-28-26(22-15-9-6-10-16-22)30-27(29-25)24-18-12-11-17-23(19-24)21-13-7-5-8-14-21/h3-10,12-16,18-19,23H,1,11,17H2,2H3/b20-4+. The van der Waals surface area contributed by atoms with Crippen LogP contribution in [-0.4, -0.2) is 15.0 Å². The molecule has 148 valence electrons. The Balaban J connectivity index is 1.84. The van der Waals surface area contributed by atoms with Crippen LogP contribution in [0.25, 0.3) is 22.5 Å². The van der Waals surface area contributed by atoms with Gasteiger partial charge in [0.1, 0.15) is 0 Å². The predicted molar refractivity (Wildman–Crippen MR) is 125 cm³/mol. The van der Waals surface area contributed by atoms with Crippen molar-refractivity contribution in [2.45, 2.75) is 25.7 Å². The fourth-order valence-electron chi connectivity index (χ4n) is 3.64. The highest BCUT2D eigenvalue weighted by Crippen LogP contribution is 2.31. The van der Waals surface area contributed by atoms with Gasteiger partial charge in [0.15, 0.2) is 17.5 Å². The first-order chi connectivity index (χ1) is 14.8. The summed E-state index contributed by atoms with van der Waals surface area (Å²) in [7, 11) is 0. The normalized spacial score (nSPS) is 16.6. The number of hydrogen-bond donors (Lipinski definition) is 0. The molecule has 3 nitrogen and oxygen atoms in total. The Labute approximate surface area is 178 Å². The van der Waals surface area contributed by atoms with Gasteiger partial charge in [-0.1, -0.05) is 97.6 Å². The Morgan fingerprint density at radius 2 is 1.63 bits per heavy atom. The third kappa shape index (κ3) is 4.36. The van der Waals surface area contributed by atoms with E-state index in [0.29, 0.717) is 23.4 Å². The van der Waals surface area contributed by atoms with E-state index in [-0.39, 0.29) is 0 Å². The molecule has 0 saturated heterocycles. The summed E-state index contributed by atoms with van der Waals surface area (Å²) in [6.45, 7) is 5.89. The summed E-state index contributed by atoms with van der Waals surface area (Å²) >= 11 is 0. The first-order valence-electron chi connectivity index (χ1n) is 10.3. The average molecular weight is 392 g/mol. The summed E-state index contributed by atoms with van der Waals surface area (Å²) in [5.74, 6) is 2.34. The second kappa shape index (κ2) is 9.27. The molecule has 0 aliphatic heterocycles. The van der Waals surface area contributed by atoms with Gasteiger partial charge in [0, 0.05) is 22.6 Å². The molecule has 1 aliphatic rings. The Morgan fingerprint density at radius 3 is 2.33 bits per heavy atom. The van der Waals surface area contributed by atoms with Crippen LogP contribution in [0.3, 0.4) is 0 Å². The summed E-state index contributed by atoms with van der Waals surface area (Å²) < 4.78 is 0. The van der Waals surface area contributed by atoms with E-state index in [1.807, 2.05) is 43.3 Å². The van der Waals surface area contributed by atoms with Crippen LogP contribution in [0.4, 0.5) is 0 Å². The van der Waals surface area contributed by atoms with Crippen molar-refractivity contribution in [2.75, 3.05) is 0 Å². The lowest BCUT2D eigenvalue weighted by molar-refractivity contribution is 0.756. The molecule has 0 spiro atoms. The molecule has 1 atom stereocenters. The van der Waals surface area contributed by atoms with Gasteiger partial charge in [0.05, 0.1) is 0 Å². The van der Waals surface area contributed by atoms with Gasteiger partial charge in [0.2, 0.25) is 0 Å². The zero-order chi connectivity index (χ0) is 20.8. The molecule has 0 bridgehead atoms. The van der Waals surface area contributed by atoms with Crippen molar-refractivity contribution in [1.29, 1.82) is 0 Å². The van der Waals surface area contributed by atoms with Gasteiger partial charge in [-0.2, -0.15) is 0 Å². The molecule has 0 amide bonds. The zero-order valence-electron chi connectivity index (χ0n) is 17.2. The van der Waals surface area contributed by atoms with Crippen molar-refractivity contribution >= 4 is 11.1 Å². The fourth-order valence-corrected chi connectivity index (χ4v) is 3.64. The van der Waals surface area contributed by atoms with Crippen LogP contribution in [0.15, 0.2) is 97.6 Å². The van der Waals surface area contributed by atoms with Crippen molar-refractivity contribution < 1.29 is 0 Å². The summed E-state index contributed by atoms with van der Waals surface area (Å²) in [5.41, 5.74) is 4.21. The third-order valence-electron chi connectivity index (χ3n) is 5.26. The summed E-state index contributed by atoms with van der Waals surface area (Å²) in [6, 6.07) is 20.7. The third-order valence-corrected chi connectivity index (χ3v) is 5.26. The molecule has 30 heavy (non-hydrogen) atoms. The predicted octanol–water partition coefficient (Wildman–Crippen LogP) is 6.65. The van der Waals surface area contributed by atoms with E-state index in [2.05, 4.69) is 55.1 Å². The molecule has 1 heterocycles. The van der Waals surface area contributed by atoms with E-state index >= 15 is 0 Å². The molecule has 0 saturated carbocycles. The van der Waals surface area contributed by atoms with Gasteiger partial charge in [-0.15, -0.1) is 0 Å². The lowest BCUT2D eigenvalue weighted by Crippen LogP contribution is -2.05. The maximum atomic E-state index is 4.84. The number of hydrogen-bond acceptors (Lipinski definition) is 3. The lowest BCUT2D eigenvalue weighted by Gasteiger charge is -2.13. The monoisotopic (exact) mass is 391 g/mol. The number of allylic oxidation sites excluding steroid dienone is 7. The summed E-state index contributed by atoms with van der Waals surface area (Å²) in [4.78, 5) is 14.4. The molecule has 1 aromatic heterocycles. The van der Waals surface area contributed by atoms with Crippen LogP contribution >= 0.6 is 0 Å². The van der Waals surface area contributed by atoms with Crippen LogP contribution in [0.5, 0.6) is 0 Å². The molecule has 2 aromatic carbocycles. The zero-order valence-corrected chi connectivity index (χ0v) is 17.2. The van der Waals surface area contributed by atoms with Crippen LogP contribution < -0.4 is 0 Å². The number of rotatable bonds is 5. The molecule has 0 N–H and O–H groups in total. The topological polar surface area (TPSA) is 38.7 Å². The Bertz CT molecular complexity index is 1110. The first-order valence-corrected chi connectivity index (χ1v) is 10.3. The Kier molecular flexibility index (Phi) is 6.09. The smallest absolute Gasteiger partial charge is 0.164 e.